The van der Waals surface area contributed by atoms with Crippen molar-refractivity contribution in [3.05, 3.63) is 18.0 Å². The van der Waals surface area contributed by atoms with Crippen LogP contribution in [0.4, 0.5) is 5.69 Å². The Balaban J connectivity index is 1.88. The third kappa shape index (κ3) is 3.26. The van der Waals surface area contributed by atoms with Gasteiger partial charge in [-0.05, 0) is 32.8 Å². The van der Waals surface area contributed by atoms with Gasteiger partial charge in [-0.15, -0.1) is 0 Å². The third-order valence-corrected chi connectivity index (χ3v) is 2.88. The summed E-state index contributed by atoms with van der Waals surface area (Å²) in [6, 6.07) is 2.19. The van der Waals surface area contributed by atoms with E-state index < -0.39 is 0 Å². The monoisotopic (exact) mass is 251 g/mol. The standard InChI is InChI=1S/C13H21N3O2/c1-9(2)18-6-5-15-13(17)12-7-10(14)8-16(12)11-3-4-11/h7-9,11H,3-6,14H2,1-2H3,(H,15,17). The average Bonchev–Trinajstić information content (AvgIpc) is 3.07. The molecule has 0 aromatic carbocycles. The Morgan fingerprint density at radius 2 is 2.33 bits per heavy atom. The van der Waals surface area contributed by atoms with E-state index in [1.54, 1.807) is 6.07 Å². The van der Waals surface area contributed by atoms with Crippen LogP contribution in [0.3, 0.4) is 0 Å². The number of anilines is 1. The number of nitrogens with one attached hydrogen (secondary N) is 1. The highest BCUT2D eigenvalue weighted by Crippen LogP contribution is 2.37. The zero-order valence-electron chi connectivity index (χ0n) is 11.0. The second-order valence-corrected chi connectivity index (χ2v) is 4.97. The summed E-state index contributed by atoms with van der Waals surface area (Å²) in [4.78, 5) is 12.0. The van der Waals surface area contributed by atoms with E-state index >= 15 is 0 Å². The fourth-order valence-corrected chi connectivity index (χ4v) is 1.89. The minimum atomic E-state index is -0.0778. The van der Waals surface area contributed by atoms with Crippen molar-refractivity contribution in [3.8, 4) is 0 Å². The molecule has 0 unspecified atom stereocenters. The van der Waals surface area contributed by atoms with Gasteiger partial charge in [-0.3, -0.25) is 4.79 Å². The lowest BCUT2D eigenvalue weighted by Crippen LogP contribution is -2.29. The number of nitrogens with zero attached hydrogens (tertiary/aromatic N) is 1. The predicted molar refractivity (Wildman–Crippen MR) is 70.5 cm³/mol. The molecule has 1 aliphatic rings. The van der Waals surface area contributed by atoms with Crippen LogP contribution in [0.2, 0.25) is 0 Å². The molecule has 1 fully saturated rings. The molecular formula is C13H21N3O2. The van der Waals surface area contributed by atoms with Crippen LogP contribution < -0.4 is 11.1 Å². The van der Waals surface area contributed by atoms with E-state index in [-0.39, 0.29) is 12.0 Å². The number of nitrogen functional groups attached to an aromatic ring is 1. The Bertz CT molecular complexity index is 422. The smallest absolute Gasteiger partial charge is 0.268 e. The van der Waals surface area contributed by atoms with Gasteiger partial charge in [0.25, 0.3) is 5.91 Å². The molecule has 1 aromatic heterocycles. The van der Waals surface area contributed by atoms with Gasteiger partial charge in [0.15, 0.2) is 0 Å². The molecule has 5 nitrogen and oxygen atoms in total. The highest BCUT2D eigenvalue weighted by atomic mass is 16.5. The molecule has 1 saturated carbocycles. The summed E-state index contributed by atoms with van der Waals surface area (Å²) in [7, 11) is 0. The quantitative estimate of drug-likeness (QED) is 0.754. The van der Waals surface area contributed by atoms with Gasteiger partial charge < -0.3 is 20.4 Å². The van der Waals surface area contributed by atoms with Crippen LogP contribution in [-0.4, -0.2) is 29.7 Å². The molecule has 1 heterocycles. The molecule has 1 aromatic rings. The van der Waals surface area contributed by atoms with Gasteiger partial charge in [-0.2, -0.15) is 0 Å². The molecule has 3 N–H and O–H groups in total. The van der Waals surface area contributed by atoms with Crippen LogP contribution in [0.5, 0.6) is 0 Å². The van der Waals surface area contributed by atoms with Crippen LogP contribution in [0.1, 0.15) is 43.2 Å². The SMILES string of the molecule is CC(C)OCCNC(=O)c1cc(N)cn1C1CC1. The fourth-order valence-electron chi connectivity index (χ4n) is 1.89. The summed E-state index contributed by atoms with van der Waals surface area (Å²) < 4.78 is 7.36. The fraction of sp³-hybridized carbons (Fsp3) is 0.615. The van der Waals surface area contributed by atoms with Crippen LogP contribution in [0.25, 0.3) is 0 Å². The molecule has 1 aliphatic carbocycles. The molecule has 0 aliphatic heterocycles. The maximum atomic E-state index is 12.0. The number of rotatable bonds is 6. The van der Waals surface area contributed by atoms with Crippen molar-refractivity contribution in [1.82, 2.24) is 9.88 Å². The predicted octanol–water partition coefficient (Wildman–Crippen LogP) is 1.56. The number of amides is 1. The van der Waals surface area contributed by atoms with Crippen LogP contribution in [-0.2, 0) is 4.74 Å². The van der Waals surface area contributed by atoms with Crippen molar-refractivity contribution < 1.29 is 9.53 Å². The third-order valence-electron chi connectivity index (χ3n) is 2.88. The summed E-state index contributed by atoms with van der Waals surface area (Å²) in [6.07, 6.45) is 4.29. The number of aromatic nitrogens is 1. The first-order valence-corrected chi connectivity index (χ1v) is 6.45. The van der Waals surface area contributed by atoms with Crippen LogP contribution in [0.15, 0.2) is 12.3 Å². The summed E-state index contributed by atoms with van der Waals surface area (Å²) in [5.74, 6) is -0.0778. The normalized spacial score (nSPS) is 15.1. The van der Waals surface area contributed by atoms with Gasteiger partial charge in [0.1, 0.15) is 5.69 Å². The molecule has 0 atom stereocenters. The largest absolute Gasteiger partial charge is 0.397 e. The lowest BCUT2D eigenvalue weighted by atomic mass is 10.3. The summed E-state index contributed by atoms with van der Waals surface area (Å²) in [6.45, 7) is 5.00. The number of hydrogen-bond donors (Lipinski definition) is 2. The highest BCUT2D eigenvalue weighted by Gasteiger charge is 2.27. The van der Waals surface area contributed by atoms with E-state index in [0.29, 0.717) is 30.6 Å². The topological polar surface area (TPSA) is 69.3 Å². The molecule has 0 radical (unpaired) electrons. The van der Waals surface area contributed by atoms with E-state index in [1.807, 2.05) is 24.6 Å². The molecule has 0 saturated heterocycles. The first-order valence-electron chi connectivity index (χ1n) is 6.45. The van der Waals surface area contributed by atoms with Crippen molar-refractivity contribution in [2.45, 2.75) is 38.8 Å². The summed E-state index contributed by atoms with van der Waals surface area (Å²) in [5.41, 5.74) is 7.05. The van der Waals surface area contributed by atoms with Gasteiger partial charge in [0.2, 0.25) is 0 Å². The Morgan fingerprint density at radius 1 is 1.61 bits per heavy atom. The van der Waals surface area contributed by atoms with E-state index in [9.17, 15) is 4.79 Å². The van der Waals surface area contributed by atoms with Gasteiger partial charge in [-0.25, -0.2) is 0 Å². The van der Waals surface area contributed by atoms with E-state index in [2.05, 4.69) is 5.32 Å². The maximum Gasteiger partial charge on any atom is 0.268 e. The zero-order chi connectivity index (χ0) is 13.1. The number of carbonyl (C=O) groups is 1. The molecule has 18 heavy (non-hydrogen) atoms. The summed E-state index contributed by atoms with van der Waals surface area (Å²) in [5, 5.41) is 2.85. The van der Waals surface area contributed by atoms with Gasteiger partial charge >= 0.3 is 0 Å². The van der Waals surface area contributed by atoms with Crippen molar-refractivity contribution >= 4 is 11.6 Å². The zero-order valence-corrected chi connectivity index (χ0v) is 11.0. The van der Waals surface area contributed by atoms with Crippen LogP contribution >= 0.6 is 0 Å². The lowest BCUT2D eigenvalue weighted by molar-refractivity contribution is 0.0743. The van der Waals surface area contributed by atoms with E-state index in [1.165, 1.54) is 0 Å². The molecule has 5 heteroatoms. The molecule has 100 valence electrons. The van der Waals surface area contributed by atoms with E-state index in [0.717, 1.165) is 12.8 Å². The first kappa shape index (κ1) is 13.0. The van der Waals surface area contributed by atoms with Crippen molar-refractivity contribution in [3.63, 3.8) is 0 Å². The average molecular weight is 251 g/mol. The van der Waals surface area contributed by atoms with Gasteiger partial charge in [-0.1, -0.05) is 0 Å². The molecule has 2 rings (SSSR count). The number of carbonyl (C=O) groups excluding carboxylic acids is 1. The minimum Gasteiger partial charge on any atom is -0.397 e. The molecule has 0 bridgehead atoms. The summed E-state index contributed by atoms with van der Waals surface area (Å²) >= 11 is 0. The van der Waals surface area contributed by atoms with Crippen molar-refractivity contribution in [2.75, 3.05) is 18.9 Å². The maximum absolute atomic E-state index is 12.0. The van der Waals surface area contributed by atoms with Crippen molar-refractivity contribution in [1.29, 1.82) is 0 Å². The Hall–Kier alpha value is -1.49. The molecular weight excluding hydrogens is 230 g/mol. The lowest BCUT2D eigenvalue weighted by Gasteiger charge is -2.10. The van der Waals surface area contributed by atoms with Gasteiger partial charge in [0, 0.05) is 18.8 Å². The second-order valence-electron chi connectivity index (χ2n) is 4.97. The first-order chi connectivity index (χ1) is 8.58. The molecule has 0 spiro atoms. The number of ether oxygens (including phenoxy) is 1. The van der Waals surface area contributed by atoms with Crippen LogP contribution in [0, 0.1) is 0 Å². The van der Waals surface area contributed by atoms with E-state index in [4.69, 9.17) is 10.5 Å². The van der Waals surface area contributed by atoms with Crippen molar-refractivity contribution in [2.24, 2.45) is 0 Å². The van der Waals surface area contributed by atoms with Gasteiger partial charge in [0.05, 0.1) is 18.4 Å². The Kier molecular flexibility index (Phi) is 3.91. The number of hydrogen-bond acceptors (Lipinski definition) is 3. The highest BCUT2D eigenvalue weighted by molar-refractivity contribution is 5.93. The molecule has 1 amide bonds. The second kappa shape index (κ2) is 5.44. The number of nitrogens with two attached hydrogens (primary N) is 1. The Morgan fingerprint density at radius 3 is 2.94 bits per heavy atom. The Labute approximate surface area is 107 Å². The minimum absolute atomic E-state index is 0.0778.